The zero-order valence-corrected chi connectivity index (χ0v) is 18.2. The van der Waals surface area contributed by atoms with E-state index in [0.717, 1.165) is 31.4 Å². The fourth-order valence-corrected chi connectivity index (χ4v) is 5.17. The van der Waals surface area contributed by atoms with Gasteiger partial charge in [-0.15, -0.1) is 0 Å². The van der Waals surface area contributed by atoms with Gasteiger partial charge in [-0.25, -0.2) is 9.78 Å². The Morgan fingerprint density at radius 3 is 2.50 bits per heavy atom. The summed E-state index contributed by atoms with van der Waals surface area (Å²) in [6.45, 7) is 0. The maximum atomic E-state index is 12.8. The molecule has 0 bridgehead atoms. The van der Waals surface area contributed by atoms with Gasteiger partial charge in [0.1, 0.15) is 16.5 Å². The van der Waals surface area contributed by atoms with E-state index in [2.05, 4.69) is 20.6 Å². The molecule has 0 unspecified atom stereocenters. The normalized spacial score (nSPS) is 17.9. The molecule has 0 atom stereocenters. The van der Waals surface area contributed by atoms with Crippen molar-refractivity contribution < 1.29 is 17.4 Å². The van der Waals surface area contributed by atoms with Crippen molar-refractivity contribution in [1.29, 1.82) is 0 Å². The zero-order chi connectivity index (χ0) is 22.3. The van der Waals surface area contributed by atoms with E-state index in [0.29, 0.717) is 22.9 Å². The Balaban J connectivity index is 1.32. The van der Waals surface area contributed by atoms with Gasteiger partial charge in [0.05, 0.1) is 16.6 Å². The maximum Gasteiger partial charge on any atom is 0.339 e. The van der Waals surface area contributed by atoms with Crippen LogP contribution in [-0.4, -0.2) is 30.5 Å². The number of rotatable bonds is 7. The molecule has 9 nitrogen and oxygen atoms in total. The lowest BCUT2D eigenvalue weighted by molar-refractivity contribution is 0.243. The third-order valence-electron chi connectivity index (χ3n) is 6.09. The van der Waals surface area contributed by atoms with E-state index < -0.39 is 21.7 Å². The number of hydrogen-bond acceptors (Lipinski definition) is 6. The fraction of sp³-hybridized carbons (Fsp3) is 0.364. The number of carbonyl (C=O) groups is 1. The summed E-state index contributed by atoms with van der Waals surface area (Å²) in [6, 6.07) is 11.3. The highest BCUT2D eigenvalue weighted by Crippen LogP contribution is 2.44. The number of benzene rings is 2. The monoisotopic (exact) mass is 455 g/mol. The number of amides is 2. The minimum Gasteiger partial charge on any atom is -0.382 e. The van der Waals surface area contributed by atoms with Gasteiger partial charge in [0.2, 0.25) is 0 Å². The van der Waals surface area contributed by atoms with Gasteiger partial charge in [0.25, 0.3) is 0 Å². The minimum atomic E-state index is -3.99. The van der Waals surface area contributed by atoms with Crippen molar-refractivity contribution in [2.75, 3.05) is 5.32 Å². The van der Waals surface area contributed by atoms with E-state index in [4.69, 9.17) is 9.92 Å². The van der Waals surface area contributed by atoms with E-state index in [1.165, 1.54) is 12.8 Å². The van der Waals surface area contributed by atoms with E-state index in [1.54, 1.807) is 42.5 Å². The maximum absolute atomic E-state index is 12.8. The molecule has 0 saturated heterocycles. The number of carbonyl (C=O) groups excluding carboxylic acids is 1. The molecule has 5 rings (SSSR count). The molecule has 2 fully saturated rings. The second kappa shape index (κ2) is 7.70. The number of nitrogens with one attached hydrogen (secondary N) is 3. The molecule has 0 spiro atoms. The van der Waals surface area contributed by atoms with Crippen molar-refractivity contribution >= 4 is 32.9 Å². The van der Waals surface area contributed by atoms with Crippen LogP contribution in [0.25, 0.3) is 11.0 Å². The summed E-state index contributed by atoms with van der Waals surface area (Å²) in [6.07, 6.45) is 6.20. The number of imidazole rings is 1. The molecule has 0 aliphatic heterocycles. The molecule has 2 aliphatic rings. The van der Waals surface area contributed by atoms with Crippen LogP contribution in [0.1, 0.15) is 44.3 Å². The van der Waals surface area contributed by atoms with Gasteiger partial charge in [-0.2, -0.15) is 8.42 Å². The number of primary amides is 1. The van der Waals surface area contributed by atoms with Crippen molar-refractivity contribution in [1.82, 2.24) is 15.3 Å². The summed E-state index contributed by atoms with van der Waals surface area (Å²) in [5.74, 6) is 0.769. The number of anilines is 1. The first-order valence-electron chi connectivity index (χ1n) is 10.7. The molecule has 32 heavy (non-hydrogen) atoms. The molecule has 1 heterocycles. The SMILES string of the molecule is NC(=O)NC1(c2nc3ccc(OS(=O)(=O)c4ccc(NC5CCCC5)cc4)cc3[nH]2)CC1. The third-order valence-corrected chi connectivity index (χ3v) is 7.36. The summed E-state index contributed by atoms with van der Waals surface area (Å²) < 4.78 is 30.9. The number of nitrogens with two attached hydrogens (primary N) is 1. The number of aromatic nitrogens is 2. The largest absolute Gasteiger partial charge is 0.382 e. The van der Waals surface area contributed by atoms with Crippen molar-refractivity contribution in [3.8, 4) is 5.75 Å². The summed E-state index contributed by atoms with van der Waals surface area (Å²) in [5.41, 5.74) is 6.85. The van der Waals surface area contributed by atoms with E-state index >= 15 is 0 Å². The Bertz CT molecular complexity index is 1260. The first-order chi connectivity index (χ1) is 15.3. The van der Waals surface area contributed by atoms with Crippen LogP contribution in [0.4, 0.5) is 10.5 Å². The average molecular weight is 456 g/mol. The van der Waals surface area contributed by atoms with Gasteiger partial charge < -0.3 is 25.5 Å². The number of urea groups is 1. The van der Waals surface area contributed by atoms with Gasteiger partial charge >= 0.3 is 16.1 Å². The predicted molar refractivity (Wildman–Crippen MR) is 120 cm³/mol. The van der Waals surface area contributed by atoms with Crippen LogP contribution < -0.4 is 20.6 Å². The smallest absolute Gasteiger partial charge is 0.339 e. The molecule has 0 radical (unpaired) electrons. The van der Waals surface area contributed by atoms with Crippen LogP contribution in [0.2, 0.25) is 0 Å². The van der Waals surface area contributed by atoms with Crippen molar-refractivity contribution in [2.24, 2.45) is 5.73 Å². The van der Waals surface area contributed by atoms with Crippen LogP contribution in [0.3, 0.4) is 0 Å². The second-order valence-corrected chi connectivity index (χ2v) is 10.1. The molecule has 3 aromatic rings. The molecular formula is C22H25N5O4S. The zero-order valence-electron chi connectivity index (χ0n) is 17.4. The summed E-state index contributed by atoms with van der Waals surface area (Å²) in [7, 11) is -3.99. The highest BCUT2D eigenvalue weighted by molar-refractivity contribution is 7.87. The lowest BCUT2D eigenvalue weighted by atomic mass is 10.2. The van der Waals surface area contributed by atoms with Crippen molar-refractivity contribution in [2.45, 2.75) is 55.0 Å². The van der Waals surface area contributed by atoms with Crippen molar-refractivity contribution in [3.63, 3.8) is 0 Å². The van der Waals surface area contributed by atoms with Crippen LogP contribution in [0.5, 0.6) is 5.75 Å². The molecule has 1 aromatic heterocycles. The second-order valence-electron chi connectivity index (χ2n) is 8.52. The summed E-state index contributed by atoms with van der Waals surface area (Å²) in [5, 5.41) is 6.16. The molecule has 2 aliphatic carbocycles. The van der Waals surface area contributed by atoms with Gasteiger partial charge in [0, 0.05) is 17.8 Å². The molecule has 5 N–H and O–H groups in total. The van der Waals surface area contributed by atoms with Gasteiger partial charge in [-0.05, 0) is 62.1 Å². The lowest BCUT2D eigenvalue weighted by Gasteiger charge is -2.14. The molecule has 2 aromatic carbocycles. The predicted octanol–water partition coefficient (Wildman–Crippen LogP) is 3.34. The van der Waals surface area contributed by atoms with Crippen LogP contribution in [0.15, 0.2) is 47.4 Å². The lowest BCUT2D eigenvalue weighted by Crippen LogP contribution is -2.39. The number of hydrogen-bond donors (Lipinski definition) is 4. The quantitative estimate of drug-likeness (QED) is 0.403. The van der Waals surface area contributed by atoms with Crippen LogP contribution >= 0.6 is 0 Å². The number of aromatic amines is 1. The Morgan fingerprint density at radius 1 is 1.12 bits per heavy atom. The topological polar surface area (TPSA) is 139 Å². The first-order valence-corrected chi connectivity index (χ1v) is 12.1. The summed E-state index contributed by atoms with van der Waals surface area (Å²) >= 11 is 0. The standard InChI is InChI=1S/C22H25N5O4S/c23-21(28)27-22(11-12-22)20-25-18-10-7-16(13-19(18)26-20)31-32(29,30)17-8-5-15(6-9-17)24-14-3-1-2-4-14/h5-10,13-14,24H,1-4,11-12H2,(H,25,26)(H3,23,27,28). The fourth-order valence-electron chi connectivity index (χ4n) is 4.25. The van der Waals surface area contributed by atoms with Crippen molar-refractivity contribution in [3.05, 3.63) is 48.3 Å². The highest BCUT2D eigenvalue weighted by Gasteiger charge is 2.48. The summed E-state index contributed by atoms with van der Waals surface area (Å²) in [4.78, 5) is 19.0. The molecule has 2 amide bonds. The van der Waals surface area contributed by atoms with Gasteiger partial charge in [-0.3, -0.25) is 0 Å². The number of fused-ring (bicyclic) bond motifs is 1. The molecule has 168 valence electrons. The minimum absolute atomic E-state index is 0.0856. The molecular weight excluding hydrogens is 430 g/mol. The molecule has 10 heteroatoms. The van der Waals surface area contributed by atoms with Gasteiger partial charge in [0.15, 0.2) is 0 Å². The van der Waals surface area contributed by atoms with Crippen LogP contribution in [-0.2, 0) is 15.7 Å². The van der Waals surface area contributed by atoms with E-state index in [-0.39, 0.29) is 10.6 Å². The Morgan fingerprint density at radius 2 is 1.84 bits per heavy atom. The van der Waals surface area contributed by atoms with Crippen LogP contribution in [0, 0.1) is 0 Å². The number of H-pyrrole nitrogens is 1. The Labute approximate surface area is 185 Å². The van der Waals surface area contributed by atoms with E-state index in [1.807, 2.05) is 0 Å². The molecule has 2 saturated carbocycles. The highest BCUT2D eigenvalue weighted by atomic mass is 32.2. The number of nitrogens with zero attached hydrogens (tertiary/aromatic N) is 1. The third kappa shape index (κ3) is 4.10. The van der Waals surface area contributed by atoms with E-state index in [9.17, 15) is 13.2 Å². The first kappa shape index (κ1) is 20.6. The van der Waals surface area contributed by atoms with Gasteiger partial charge in [-0.1, -0.05) is 12.8 Å². The Hall–Kier alpha value is -3.27. The Kier molecular flexibility index (Phi) is 4.96. The average Bonchev–Trinajstić information content (AvgIpc) is 3.14.